The van der Waals surface area contributed by atoms with Crippen LogP contribution in [0.25, 0.3) is 5.69 Å². The quantitative estimate of drug-likeness (QED) is 0.393. The fourth-order valence-corrected chi connectivity index (χ4v) is 3.82. The number of pyridine rings is 2. The minimum absolute atomic E-state index is 0.0690. The smallest absolute Gasteiger partial charge is 0.320 e. The number of amides is 2. The average Bonchev–Trinajstić information content (AvgIpc) is 2.86. The number of carbonyl (C=O) groups is 2. The van der Waals surface area contributed by atoms with E-state index in [0.717, 1.165) is 0 Å². The van der Waals surface area contributed by atoms with Crippen LogP contribution in [0.3, 0.4) is 0 Å². The second-order valence-electron chi connectivity index (χ2n) is 7.98. The lowest BCUT2D eigenvalue weighted by Gasteiger charge is -2.20. The highest BCUT2D eigenvalue weighted by molar-refractivity contribution is 5.97. The van der Waals surface area contributed by atoms with Gasteiger partial charge in [-0.1, -0.05) is 6.07 Å². The van der Waals surface area contributed by atoms with Crippen molar-refractivity contribution in [3.05, 3.63) is 112 Å². The van der Waals surface area contributed by atoms with Crippen LogP contribution in [-0.2, 0) is 13.0 Å². The molecule has 0 fully saturated rings. The number of nitrogens with zero attached hydrogens (tertiary/aromatic N) is 2. The van der Waals surface area contributed by atoms with Crippen LogP contribution < -0.4 is 20.9 Å². The highest BCUT2D eigenvalue weighted by Gasteiger charge is 2.20. The normalized spacial score (nSPS) is 12.3. The van der Waals surface area contributed by atoms with Crippen LogP contribution in [0, 0.1) is 11.6 Å². The summed E-state index contributed by atoms with van der Waals surface area (Å²) in [6.45, 7) is 0.172. The third kappa shape index (κ3) is 4.56. The van der Waals surface area contributed by atoms with Crippen molar-refractivity contribution in [2.24, 2.45) is 0 Å². The Morgan fingerprint density at radius 2 is 1.83 bits per heavy atom. The molecule has 0 bridgehead atoms. The van der Waals surface area contributed by atoms with Crippen LogP contribution in [0.15, 0.2) is 77.9 Å². The minimum atomic E-state index is -0.699. The number of ether oxygens (including phenoxy) is 1. The molecule has 0 saturated carbocycles. The molecule has 180 valence electrons. The predicted octanol–water partition coefficient (Wildman–Crippen LogP) is 4.36. The number of nitrogens with one attached hydrogen (secondary N) is 2. The summed E-state index contributed by atoms with van der Waals surface area (Å²) in [5.74, 6) is -1.06. The molecule has 2 aromatic carbocycles. The van der Waals surface area contributed by atoms with Crippen molar-refractivity contribution in [2.45, 2.75) is 13.0 Å². The molecule has 5 rings (SSSR count). The van der Waals surface area contributed by atoms with Gasteiger partial charge in [0, 0.05) is 24.5 Å². The summed E-state index contributed by atoms with van der Waals surface area (Å²) < 4.78 is 35.0. The van der Waals surface area contributed by atoms with E-state index in [0.29, 0.717) is 28.4 Å². The van der Waals surface area contributed by atoms with E-state index in [4.69, 9.17) is 4.74 Å². The number of rotatable bonds is 6. The Morgan fingerprint density at radius 1 is 1.03 bits per heavy atom. The lowest BCUT2D eigenvalue weighted by molar-refractivity contribution is 0.0991. The standard InChI is InChI=1S/C26H18F2N4O4/c27-16-4-6-17(7-5-16)32-11-1-2-18(25(32)34)21(33)13-15-3-8-23(20(28)12-15)36-22-9-10-29-24-19(22)14-30-26(35)31-24/h1-12H,13-14H2,(H2,29,30,31,35). The monoisotopic (exact) mass is 488 g/mol. The van der Waals surface area contributed by atoms with Gasteiger partial charge in [-0.25, -0.2) is 18.6 Å². The van der Waals surface area contributed by atoms with Crippen LogP contribution >= 0.6 is 0 Å². The first-order valence-corrected chi connectivity index (χ1v) is 10.9. The molecule has 1 aliphatic rings. The second kappa shape index (κ2) is 9.41. The Labute approximate surface area is 203 Å². The molecule has 0 saturated heterocycles. The lowest BCUT2D eigenvalue weighted by atomic mass is 10.0. The SMILES string of the molecule is O=C1NCc2c(Oc3ccc(CC(=O)c4cccn(-c5ccc(F)cc5)c4=O)cc3F)ccnc2N1. The Morgan fingerprint density at radius 3 is 2.61 bits per heavy atom. The summed E-state index contributed by atoms with van der Waals surface area (Å²) >= 11 is 0. The Kier molecular flexibility index (Phi) is 5.99. The zero-order valence-corrected chi connectivity index (χ0v) is 18.6. The molecule has 2 N–H and O–H groups in total. The molecule has 3 heterocycles. The third-order valence-electron chi connectivity index (χ3n) is 5.60. The number of fused-ring (bicyclic) bond motifs is 1. The van der Waals surface area contributed by atoms with Crippen molar-refractivity contribution in [1.82, 2.24) is 14.9 Å². The second-order valence-corrected chi connectivity index (χ2v) is 7.98. The van der Waals surface area contributed by atoms with Gasteiger partial charge in [-0.15, -0.1) is 0 Å². The summed E-state index contributed by atoms with van der Waals surface area (Å²) in [6, 6.07) is 13.5. The lowest BCUT2D eigenvalue weighted by Crippen LogP contribution is -2.34. The number of ketones is 1. The Bertz CT molecular complexity index is 1550. The van der Waals surface area contributed by atoms with Crippen molar-refractivity contribution in [2.75, 3.05) is 5.32 Å². The Balaban J connectivity index is 1.35. The van der Waals surface area contributed by atoms with E-state index in [1.807, 2.05) is 0 Å². The van der Waals surface area contributed by atoms with E-state index in [1.54, 1.807) is 12.1 Å². The van der Waals surface area contributed by atoms with Gasteiger partial charge in [-0.05, 0) is 60.2 Å². The van der Waals surface area contributed by atoms with E-state index in [2.05, 4.69) is 15.6 Å². The zero-order valence-electron chi connectivity index (χ0n) is 18.6. The summed E-state index contributed by atoms with van der Waals surface area (Å²) in [6.07, 6.45) is 2.71. The number of anilines is 1. The first-order chi connectivity index (χ1) is 17.4. The molecule has 0 radical (unpaired) electrons. The molecule has 4 aromatic rings. The van der Waals surface area contributed by atoms with Gasteiger partial charge in [-0.2, -0.15) is 0 Å². The fourth-order valence-electron chi connectivity index (χ4n) is 3.82. The molecular formula is C26H18F2N4O4. The first-order valence-electron chi connectivity index (χ1n) is 10.9. The van der Waals surface area contributed by atoms with Crippen molar-refractivity contribution >= 4 is 17.6 Å². The summed E-state index contributed by atoms with van der Waals surface area (Å²) in [7, 11) is 0. The molecule has 2 amide bonds. The van der Waals surface area contributed by atoms with Crippen LogP contribution in [0.4, 0.5) is 19.4 Å². The fraction of sp³-hybridized carbons (Fsp3) is 0.0769. The number of Topliss-reactive ketones (excluding diaryl/α,β-unsaturated/α-hetero) is 1. The largest absolute Gasteiger partial charge is 0.454 e. The van der Waals surface area contributed by atoms with Crippen molar-refractivity contribution in [3.63, 3.8) is 0 Å². The molecule has 36 heavy (non-hydrogen) atoms. The van der Waals surface area contributed by atoms with Crippen LogP contribution in [0.1, 0.15) is 21.5 Å². The van der Waals surface area contributed by atoms with E-state index in [-0.39, 0.29) is 24.3 Å². The highest BCUT2D eigenvalue weighted by atomic mass is 19.1. The molecular weight excluding hydrogens is 470 g/mol. The first kappa shape index (κ1) is 22.9. The van der Waals surface area contributed by atoms with Gasteiger partial charge >= 0.3 is 6.03 Å². The predicted molar refractivity (Wildman–Crippen MR) is 127 cm³/mol. The number of carbonyl (C=O) groups excluding carboxylic acids is 2. The molecule has 1 aliphatic heterocycles. The molecule has 8 nitrogen and oxygen atoms in total. The minimum Gasteiger partial charge on any atom is -0.454 e. The van der Waals surface area contributed by atoms with Crippen LogP contribution in [0.2, 0.25) is 0 Å². The maximum Gasteiger partial charge on any atom is 0.320 e. The van der Waals surface area contributed by atoms with E-state index in [1.165, 1.54) is 65.5 Å². The van der Waals surface area contributed by atoms with Crippen LogP contribution in [0.5, 0.6) is 11.5 Å². The van der Waals surface area contributed by atoms with Crippen molar-refractivity contribution < 1.29 is 23.1 Å². The number of benzene rings is 2. The van der Waals surface area contributed by atoms with Crippen LogP contribution in [-0.4, -0.2) is 21.4 Å². The van der Waals surface area contributed by atoms with Gasteiger partial charge in [0.25, 0.3) is 5.56 Å². The Hall–Kier alpha value is -4.86. The number of urea groups is 1. The maximum atomic E-state index is 14.8. The van der Waals surface area contributed by atoms with E-state index in [9.17, 15) is 23.2 Å². The molecule has 10 heteroatoms. The number of aromatic nitrogens is 2. The van der Waals surface area contributed by atoms with Gasteiger partial charge in [0.15, 0.2) is 17.3 Å². The molecule has 0 atom stereocenters. The van der Waals surface area contributed by atoms with E-state index < -0.39 is 29.0 Å². The van der Waals surface area contributed by atoms with Gasteiger partial charge in [-0.3, -0.25) is 19.5 Å². The molecule has 2 aromatic heterocycles. The molecule has 0 unspecified atom stereocenters. The number of hydrogen-bond acceptors (Lipinski definition) is 5. The number of hydrogen-bond donors (Lipinski definition) is 2. The highest BCUT2D eigenvalue weighted by Crippen LogP contribution is 2.32. The van der Waals surface area contributed by atoms with Gasteiger partial charge in [0.1, 0.15) is 17.4 Å². The van der Waals surface area contributed by atoms with Crippen molar-refractivity contribution in [1.29, 1.82) is 0 Å². The summed E-state index contributed by atoms with van der Waals surface area (Å²) in [4.78, 5) is 41.3. The molecule has 0 spiro atoms. The van der Waals surface area contributed by atoms with Gasteiger partial charge in [0.05, 0.1) is 17.7 Å². The van der Waals surface area contributed by atoms with E-state index >= 15 is 0 Å². The summed E-state index contributed by atoms with van der Waals surface area (Å²) in [5.41, 5.74) is 0.708. The van der Waals surface area contributed by atoms with Crippen molar-refractivity contribution in [3.8, 4) is 17.2 Å². The third-order valence-corrected chi connectivity index (χ3v) is 5.60. The maximum absolute atomic E-state index is 14.8. The summed E-state index contributed by atoms with van der Waals surface area (Å²) in [5, 5.41) is 5.15. The van der Waals surface area contributed by atoms with Gasteiger partial charge < -0.3 is 10.1 Å². The number of halogens is 2. The zero-order chi connectivity index (χ0) is 25.2. The topological polar surface area (TPSA) is 102 Å². The van der Waals surface area contributed by atoms with Gasteiger partial charge in [0.2, 0.25) is 0 Å². The molecule has 0 aliphatic carbocycles. The average molecular weight is 488 g/mol.